The molecule has 0 aliphatic rings. The molecule has 0 spiro atoms. The van der Waals surface area contributed by atoms with E-state index in [2.05, 4.69) is 45.2 Å². The molecule has 4 heteroatoms. The molecule has 0 atom stereocenters. The van der Waals surface area contributed by atoms with Gasteiger partial charge in [0.05, 0.1) is 0 Å². The summed E-state index contributed by atoms with van der Waals surface area (Å²) in [5.74, 6) is -0.0396. The van der Waals surface area contributed by atoms with Gasteiger partial charge in [0.15, 0.2) is 0 Å². The van der Waals surface area contributed by atoms with E-state index >= 15 is 0 Å². The van der Waals surface area contributed by atoms with Crippen LogP contribution in [0.15, 0.2) is 53.1 Å². The predicted octanol–water partition coefficient (Wildman–Crippen LogP) is 3.94. The number of halogens is 1. The Bertz CT molecular complexity index is 586. The lowest BCUT2D eigenvalue weighted by Crippen LogP contribution is -2.28. The summed E-state index contributed by atoms with van der Waals surface area (Å²) < 4.78 is 0.742. The Morgan fingerprint density at radius 2 is 1.90 bits per heavy atom. The van der Waals surface area contributed by atoms with Crippen molar-refractivity contribution in [1.29, 1.82) is 0 Å². The number of aromatic nitrogens is 1. The van der Waals surface area contributed by atoms with Crippen molar-refractivity contribution in [3.05, 3.63) is 64.4 Å². The number of amides is 1. The van der Waals surface area contributed by atoms with Gasteiger partial charge >= 0.3 is 0 Å². The van der Waals surface area contributed by atoms with Crippen LogP contribution in [0.1, 0.15) is 28.9 Å². The summed E-state index contributed by atoms with van der Waals surface area (Å²) in [7, 11) is 1.83. The van der Waals surface area contributed by atoms with Gasteiger partial charge in [-0.25, -0.2) is 4.98 Å². The van der Waals surface area contributed by atoms with E-state index in [0.29, 0.717) is 5.69 Å². The SMILES string of the molecule is CN(CCCCc1ccccc1)C(=O)c1ncccc1Br. The molecule has 0 radical (unpaired) electrons. The normalized spacial score (nSPS) is 10.4. The topological polar surface area (TPSA) is 33.2 Å². The Morgan fingerprint density at radius 3 is 2.62 bits per heavy atom. The van der Waals surface area contributed by atoms with Crippen LogP contribution < -0.4 is 0 Å². The molecule has 0 N–H and O–H groups in total. The fourth-order valence-corrected chi connectivity index (χ4v) is 2.57. The Hall–Kier alpha value is -1.68. The third kappa shape index (κ3) is 4.67. The lowest BCUT2D eigenvalue weighted by molar-refractivity contribution is 0.0786. The van der Waals surface area contributed by atoms with Crippen LogP contribution in [0.3, 0.4) is 0 Å². The van der Waals surface area contributed by atoms with Gasteiger partial charge in [-0.2, -0.15) is 0 Å². The Kier molecular flexibility index (Phi) is 5.93. The fourth-order valence-electron chi connectivity index (χ4n) is 2.15. The number of carbonyl (C=O) groups is 1. The summed E-state index contributed by atoms with van der Waals surface area (Å²) in [5.41, 5.74) is 1.82. The molecule has 2 rings (SSSR count). The van der Waals surface area contributed by atoms with Crippen molar-refractivity contribution in [2.24, 2.45) is 0 Å². The van der Waals surface area contributed by atoms with Crippen molar-refractivity contribution in [3.8, 4) is 0 Å². The van der Waals surface area contributed by atoms with Crippen LogP contribution in [0.4, 0.5) is 0 Å². The van der Waals surface area contributed by atoms with E-state index in [1.807, 2.05) is 19.2 Å². The number of unbranched alkanes of at least 4 members (excludes halogenated alkanes) is 1. The summed E-state index contributed by atoms with van der Waals surface area (Å²) >= 11 is 3.37. The summed E-state index contributed by atoms with van der Waals surface area (Å²) in [6, 6.07) is 14.1. The second-order valence-corrected chi connectivity index (χ2v) is 5.86. The summed E-state index contributed by atoms with van der Waals surface area (Å²) in [5, 5.41) is 0. The van der Waals surface area contributed by atoms with Crippen LogP contribution in [0.2, 0.25) is 0 Å². The summed E-state index contributed by atoms with van der Waals surface area (Å²) in [4.78, 5) is 18.1. The van der Waals surface area contributed by atoms with Gasteiger partial charge in [-0.1, -0.05) is 30.3 Å². The zero-order chi connectivity index (χ0) is 15.1. The van der Waals surface area contributed by atoms with Gasteiger partial charge < -0.3 is 4.90 Å². The second kappa shape index (κ2) is 7.93. The number of nitrogens with zero attached hydrogens (tertiary/aromatic N) is 2. The van der Waals surface area contributed by atoms with E-state index < -0.39 is 0 Å². The third-order valence-electron chi connectivity index (χ3n) is 3.36. The summed E-state index contributed by atoms with van der Waals surface area (Å²) in [6.45, 7) is 0.745. The molecule has 1 aromatic carbocycles. The van der Waals surface area contributed by atoms with Crippen LogP contribution >= 0.6 is 15.9 Å². The maximum atomic E-state index is 12.3. The first-order valence-electron chi connectivity index (χ1n) is 7.08. The number of hydrogen-bond acceptors (Lipinski definition) is 2. The minimum Gasteiger partial charge on any atom is -0.340 e. The number of aryl methyl sites for hydroxylation is 1. The molecular formula is C17H19BrN2O. The monoisotopic (exact) mass is 346 g/mol. The average molecular weight is 347 g/mol. The highest BCUT2D eigenvalue weighted by Gasteiger charge is 2.15. The minimum absolute atomic E-state index is 0.0396. The maximum absolute atomic E-state index is 12.3. The number of carbonyl (C=O) groups excluding carboxylic acids is 1. The lowest BCUT2D eigenvalue weighted by atomic mass is 10.1. The smallest absolute Gasteiger partial charge is 0.273 e. The van der Waals surface area contributed by atoms with E-state index in [0.717, 1.165) is 30.3 Å². The van der Waals surface area contributed by atoms with Crippen molar-refractivity contribution in [2.75, 3.05) is 13.6 Å². The first-order chi connectivity index (χ1) is 10.2. The summed E-state index contributed by atoms with van der Waals surface area (Å²) in [6.07, 6.45) is 4.75. The van der Waals surface area contributed by atoms with Gasteiger partial charge in [0.2, 0.25) is 0 Å². The molecule has 0 bridgehead atoms. The zero-order valence-electron chi connectivity index (χ0n) is 12.1. The maximum Gasteiger partial charge on any atom is 0.273 e. The number of hydrogen-bond donors (Lipinski definition) is 0. The van der Waals surface area contributed by atoms with Crippen molar-refractivity contribution >= 4 is 21.8 Å². The van der Waals surface area contributed by atoms with Crippen LogP contribution in [-0.4, -0.2) is 29.4 Å². The van der Waals surface area contributed by atoms with E-state index in [-0.39, 0.29) is 5.91 Å². The fraction of sp³-hybridized carbons (Fsp3) is 0.294. The number of benzene rings is 1. The molecule has 21 heavy (non-hydrogen) atoms. The van der Waals surface area contributed by atoms with Gasteiger partial charge in [-0.15, -0.1) is 0 Å². The van der Waals surface area contributed by atoms with Gasteiger partial charge in [-0.05, 0) is 52.9 Å². The zero-order valence-corrected chi connectivity index (χ0v) is 13.7. The molecular weight excluding hydrogens is 328 g/mol. The van der Waals surface area contributed by atoms with Crippen molar-refractivity contribution in [1.82, 2.24) is 9.88 Å². The van der Waals surface area contributed by atoms with Crippen LogP contribution in [0, 0.1) is 0 Å². The molecule has 1 aromatic heterocycles. The highest BCUT2D eigenvalue weighted by molar-refractivity contribution is 9.10. The first-order valence-corrected chi connectivity index (χ1v) is 7.87. The Morgan fingerprint density at radius 1 is 1.14 bits per heavy atom. The van der Waals surface area contributed by atoms with Gasteiger partial charge in [0.25, 0.3) is 5.91 Å². The molecule has 0 saturated heterocycles. The largest absolute Gasteiger partial charge is 0.340 e. The predicted molar refractivity (Wildman–Crippen MR) is 88.3 cm³/mol. The molecule has 110 valence electrons. The highest BCUT2D eigenvalue weighted by atomic mass is 79.9. The first kappa shape index (κ1) is 15.7. The van der Waals surface area contributed by atoms with Gasteiger partial charge in [-0.3, -0.25) is 4.79 Å². The molecule has 0 saturated carbocycles. The molecule has 1 heterocycles. The minimum atomic E-state index is -0.0396. The lowest BCUT2D eigenvalue weighted by Gasteiger charge is -2.17. The molecule has 1 amide bonds. The van der Waals surface area contributed by atoms with Gasteiger partial charge in [0.1, 0.15) is 5.69 Å². The van der Waals surface area contributed by atoms with Crippen molar-refractivity contribution in [2.45, 2.75) is 19.3 Å². The Balaban J connectivity index is 1.78. The number of rotatable bonds is 6. The van der Waals surface area contributed by atoms with E-state index in [1.165, 1.54) is 5.56 Å². The molecule has 0 aliphatic carbocycles. The molecule has 2 aromatic rings. The average Bonchev–Trinajstić information content (AvgIpc) is 2.52. The van der Waals surface area contributed by atoms with Crippen LogP contribution in [-0.2, 0) is 6.42 Å². The second-order valence-electron chi connectivity index (χ2n) is 5.00. The molecule has 3 nitrogen and oxygen atoms in total. The number of pyridine rings is 1. The quantitative estimate of drug-likeness (QED) is 0.742. The Labute approximate surface area is 134 Å². The standard InChI is InChI=1S/C17H19BrN2O/c1-20(17(21)16-15(18)11-7-12-19-16)13-6-5-10-14-8-3-2-4-9-14/h2-4,7-9,11-12H,5-6,10,13H2,1H3. The highest BCUT2D eigenvalue weighted by Crippen LogP contribution is 2.15. The van der Waals surface area contributed by atoms with Crippen molar-refractivity contribution < 1.29 is 4.79 Å². The molecule has 0 aliphatic heterocycles. The van der Waals surface area contributed by atoms with E-state index in [1.54, 1.807) is 17.2 Å². The molecule has 0 unspecified atom stereocenters. The van der Waals surface area contributed by atoms with Crippen molar-refractivity contribution in [3.63, 3.8) is 0 Å². The van der Waals surface area contributed by atoms with E-state index in [9.17, 15) is 4.79 Å². The van der Waals surface area contributed by atoms with Crippen LogP contribution in [0.5, 0.6) is 0 Å². The van der Waals surface area contributed by atoms with Gasteiger partial charge in [0, 0.05) is 24.3 Å². The van der Waals surface area contributed by atoms with E-state index in [4.69, 9.17) is 0 Å². The molecule has 0 fully saturated rings. The van der Waals surface area contributed by atoms with Crippen LogP contribution in [0.25, 0.3) is 0 Å². The third-order valence-corrected chi connectivity index (χ3v) is 4.00.